The molecule has 2 aliphatic carbocycles. The van der Waals surface area contributed by atoms with Crippen LogP contribution in [0.25, 0.3) is 0 Å². The van der Waals surface area contributed by atoms with Crippen molar-refractivity contribution < 1.29 is 24.2 Å². The maximum atomic E-state index is 13.4. The molecule has 0 spiro atoms. The van der Waals surface area contributed by atoms with E-state index < -0.39 is 5.92 Å². The van der Waals surface area contributed by atoms with Crippen LogP contribution in [0, 0.1) is 0 Å². The Morgan fingerprint density at radius 1 is 1.16 bits per heavy atom. The van der Waals surface area contributed by atoms with Crippen LogP contribution in [0.3, 0.4) is 0 Å². The standard InChI is InChI=1S/C24H28BrNO5/c1-13-20(24(29)31-15-7-4-3-5-8-15)21(22-17(26-13)9-6-10-18(22)27)14-11-16(25)23(28)19(12-14)30-2/h11-12,15,21,26,28H,3-10H2,1-2H3/t21-/m0/s1. The fraction of sp³-hybridized carbons (Fsp3) is 0.500. The van der Waals surface area contributed by atoms with Crippen molar-refractivity contribution in [3.63, 3.8) is 0 Å². The summed E-state index contributed by atoms with van der Waals surface area (Å²) in [5.41, 5.74) is 3.37. The number of ketones is 1. The monoisotopic (exact) mass is 489 g/mol. The Morgan fingerprint density at radius 3 is 2.61 bits per heavy atom. The molecule has 6 nitrogen and oxygen atoms in total. The topological polar surface area (TPSA) is 84.9 Å². The first-order chi connectivity index (χ1) is 14.9. The zero-order valence-corrected chi connectivity index (χ0v) is 19.5. The number of benzene rings is 1. The maximum absolute atomic E-state index is 13.4. The lowest BCUT2D eigenvalue weighted by atomic mass is 9.75. The Labute approximate surface area is 190 Å². The molecule has 1 atom stereocenters. The van der Waals surface area contributed by atoms with Crippen LogP contribution in [0.5, 0.6) is 11.5 Å². The Morgan fingerprint density at radius 2 is 1.90 bits per heavy atom. The Kier molecular flexibility index (Phi) is 6.42. The molecule has 0 radical (unpaired) electrons. The quantitative estimate of drug-likeness (QED) is 0.578. The van der Waals surface area contributed by atoms with Gasteiger partial charge in [-0.3, -0.25) is 4.79 Å². The molecule has 1 aromatic carbocycles. The first kappa shape index (κ1) is 21.9. The Balaban J connectivity index is 1.80. The van der Waals surface area contributed by atoms with Gasteiger partial charge >= 0.3 is 5.97 Å². The van der Waals surface area contributed by atoms with E-state index in [0.29, 0.717) is 33.3 Å². The molecule has 0 aromatic heterocycles. The van der Waals surface area contributed by atoms with Crippen molar-refractivity contribution in [3.05, 3.63) is 44.7 Å². The molecule has 1 aromatic rings. The van der Waals surface area contributed by atoms with Crippen molar-refractivity contribution in [1.29, 1.82) is 0 Å². The van der Waals surface area contributed by atoms with Crippen LogP contribution in [-0.4, -0.2) is 30.1 Å². The van der Waals surface area contributed by atoms with Crippen molar-refractivity contribution >= 4 is 27.7 Å². The number of dihydropyridines is 1. The molecule has 166 valence electrons. The molecule has 0 unspecified atom stereocenters. The molecule has 3 aliphatic rings. The summed E-state index contributed by atoms with van der Waals surface area (Å²) >= 11 is 3.38. The van der Waals surface area contributed by atoms with Crippen LogP contribution in [0.15, 0.2) is 39.1 Å². The number of nitrogens with one attached hydrogen (secondary N) is 1. The van der Waals surface area contributed by atoms with Gasteiger partial charge in [0.1, 0.15) is 6.10 Å². The predicted molar refractivity (Wildman–Crippen MR) is 120 cm³/mol. The SMILES string of the molecule is COc1cc([C@H]2C(C(=O)OC3CCCCC3)=C(C)NC3=C2C(=O)CCC3)cc(Br)c1O. The minimum atomic E-state index is -0.564. The summed E-state index contributed by atoms with van der Waals surface area (Å²) in [6, 6.07) is 3.45. The van der Waals surface area contributed by atoms with Crippen LogP contribution in [-0.2, 0) is 14.3 Å². The molecule has 1 fully saturated rings. The summed E-state index contributed by atoms with van der Waals surface area (Å²) in [4.78, 5) is 26.4. The van der Waals surface area contributed by atoms with E-state index >= 15 is 0 Å². The first-order valence-corrected chi connectivity index (χ1v) is 11.7. The number of esters is 1. The summed E-state index contributed by atoms with van der Waals surface area (Å²) in [5, 5.41) is 13.6. The number of allylic oxidation sites excluding steroid dienone is 3. The van der Waals surface area contributed by atoms with Gasteiger partial charge in [-0.15, -0.1) is 0 Å². The van der Waals surface area contributed by atoms with Crippen molar-refractivity contribution in [3.8, 4) is 11.5 Å². The minimum absolute atomic E-state index is 0.0172. The average Bonchev–Trinajstić information content (AvgIpc) is 2.75. The first-order valence-electron chi connectivity index (χ1n) is 10.9. The molecule has 1 aliphatic heterocycles. The van der Waals surface area contributed by atoms with E-state index in [9.17, 15) is 14.7 Å². The van der Waals surface area contributed by atoms with Crippen molar-refractivity contribution in [1.82, 2.24) is 5.32 Å². The lowest BCUT2D eigenvalue weighted by Crippen LogP contribution is -2.35. The second kappa shape index (κ2) is 9.07. The maximum Gasteiger partial charge on any atom is 0.337 e. The molecule has 2 N–H and O–H groups in total. The third-order valence-corrected chi connectivity index (χ3v) is 7.03. The highest BCUT2D eigenvalue weighted by atomic mass is 79.9. The number of methoxy groups -OCH3 is 1. The number of carbonyl (C=O) groups excluding carboxylic acids is 2. The molecular weight excluding hydrogens is 462 g/mol. The molecule has 31 heavy (non-hydrogen) atoms. The number of aromatic hydroxyl groups is 1. The fourth-order valence-electron chi connectivity index (χ4n) is 4.90. The van der Waals surface area contributed by atoms with Gasteiger partial charge in [0.15, 0.2) is 17.3 Å². The number of Topliss-reactive ketones (excluding diaryl/α,β-unsaturated/α-hetero) is 1. The molecule has 4 rings (SSSR count). The minimum Gasteiger partial charge on any atom is -0.503 e. The second-order valence-electron chi connectivity index (χ2n) is 8.48. The van der Waals surface area contributed by atoms with Gasteiger partial charge in [-0.25, -0.2) is 4.79 Å². The van der Waals surface area contributed by atoms with Crippen LogP contribution < -0.4 is 10.1 Å². The lowest BCUT2D eigenvalue weighted by molar-refractivity contribution is -0.146. The Bertz CT molecular complexity index is 974. The van der Waals surface area contributed by atoms with Crippen molar-refractivity contribution in [2.75, 3.05) is 7.11 Å². The second-order valence-corrected chi connectivity index (χ2v) is 9.34. The summed E-state index contributed by atoms with van der Waals surface area (Å²) in [6.45, 7) is 1.86. The van der Waals surface area contributed by atoms with Crippen LogP contribution >= 0.6 is 15.9 Å². The fourth-order valence-corrected chi connectivity index (χ4v) is 5.36. The molecule has 1 saturated carbocycles. The summed E-state index contributed by atoms with van der Waals surface area (Å²) in [7, 11) is 1.48. The van der Waals surface area contributed by atoms with Crippen LogP contribution in [0.2, 0.25) is 0 Å². The van der Waals surface area contributed by atoms with E-state index in [2.05, 4.69) is 21.2 Å². The van der Waals surface area contributed by atoms with Crippen LogP contribution in [0.4, 0.5) is 0 Å². The third kappa shape index (κ3) is 4.25. The van der Waals surface area contributed by atoms with Gasteiger partial charge in [0.25, 0.3) is 0 Å². The molecule has 0 bridgehead atoms. The highest BCUT2D eigenvalue weighted by Gasteiger charge is 2.40. The van der Waals surface area contributed by atoms with Gasteiger partial charge in [0.2, 0.25) is 0 Å². The number of phenols is 1. The van der Waals surface area contributed by atoms with E-state index in [4.69, 9.17) is 9.47 Å². The molecule has 0 amide bonds. The highest BCUT2D eigenvalue weighted by molar-refractivity contribution is 9.10. The number of phenolic OH excluding ortho intramolecular Hbond substituents is 1. The number of hydrogen-bond acceptors (Lipinski definition) is 6. The zero-order valence-electron chi connectivity index (χ0n) is 17.9. The van der Waals surface area contributed by atoms with Gasteiger partial charge in [0.05, 0.1) is 17.2 Å². The van der Waals surface area contributed by atoms with E-state index in [-0.39, 0.29) is 29.4 Å². The van der Waals surface area contributed by atoms with Gasteiger partial charge < -0.3 is 19.9 Å². The average molecular weight is 490 g/mol. The normalized spacial score (nSPS) is 22.2. The largest absolute Gasteiger partial charge is 0.503 e. The van der Waals surface area contributed by atoms with Crippen LogP contribution in [0.1, 0.15) is 69.8 Å². The van der Waals surface area contributed by atoms with Crippen molar-refractivity contribution in [2.24, 2.45) is 0 Å². The predicted octanol–water partition coefficient (Wildman–Crippen LogP) is 5.01. The van der Waals surface area contributed by atoms with Gasteiger partial charge in [-0.1, -0.05) is 6.42 Å². The van der Waals surface area contributed by atoms with Gasteiger partial charge in [0, 0.05) is 29.3 Å². The number of rotatable bonds is 4. The van der Waals surface area contributed by atoms with Gasteiger partial charge in [-0.2, -0.15) is 0 Å². The summed E-state index contributed by atoms with van der Waals surface area (Å²) < 4.78 is 11.7. The van der Waals surface area contributed by atoms with E-state index in [1.807, 2.05) is 6.92 Å². The van der Waals surface area contributed by atoms with E-state index in [1.165, 1.54) is 13.5 Å². The summed E-state index contributed by atoms with van der Waals surface area (Å²) in [6.07, 6.45) is 6.97. The number of hydrogen-bond donors (Lipinski definition) is 2. The van der Waals surface area contributed by atoms with E-state index in [0.717, 1.165) is 44.2 Å². The van der Waals surface area contributed by atoms with Crippen molar-refractivity contribution in [2.45, 2.75) is 70.3 Å². The number of carbonyl (C=O) groups is 2. The van der Waals surface area contributed by atoms with E-state index in [1.54, 1.807) is 12.1 Å². The zero-order chi connectivity index (χ0) is 22.1. The molecular formula is C24H28BrNO5. The molecule has 0 saturated heterocycles. The smallest absolute Gasteiger partial charge is 0.337 e. The molecule has 1 heterocycles. The van der Waals surface area contributed by atoms with Gasteiger partial charge in [-0.05, 0) is 79.1 Å². The summed E-state index contributed by atoms with van der Waals surface area (Å²) in [5.74, 6) is -0.638. The number of halogens is 1. The molecule has 7 heteroatoms. The lowest BCUT2D eigenvalue weighted by Gasteiger charge is -2.35. The number of ether oxygens (including phenoxy) is 2. The highest BCUT2D eigenvalue weighted by Crippen LogP contribution is 2.46. The Hall–Kier alpha value is -2.28. The third-order valence-electron chi connectivity index (χ3n) is 6.43.